The molecule has 0 bridgehead atoms. The molecule has 7 heteroatoms. The first-order chi connectivity index (χ1) is 13.5. The third-order valence-electron chi connectivity index (χ3n) is 5.07. The molecule has 2 heterocycles. The van der Waals surface area contributed by atoms with Gasteiger partial charge in [0.2, 0.25) is 11.8 Å². The summed E-state index contributed by atoms with van der Waals surface area (Å²) in [7, 11) is 0. The van der Waals surface area contributed by atoms with Crippen LogP contribution in [0.5, 0.6) is 0 Å². The number of aromatic nitrogens is 1. The summed E-state index contributed by atoms with van der Waals surface area (Å²) >= 11 is 1.67. The number of hydrogen-bond acceptors (Lipinski definition) is 5. The normalized spacial score (nSPS) is 16.5. The Balaban J connectivity index is 1.39. The molecular weight excluding hydrogens is 372 g/mol. The zero-order chi connectivity index (χ0) is 19.9. The van der Waals surface area contributed by atoms with Gasteiger partial charge in [0, 0.05) is 24.4 Å². The third kappa shape index (κ3) is 5.87. The van der Waals surface area contributed by atoms with Crippen LogP contribution in [0.25, 0.3) is 0 Å². The first-order valence-electron chi connectivity index (χ1n) is 9.76. The van der Waals surface area contributed by atoms with Crippen molar-refractivity contribution in [1.29, 1.82) is 0 Å². The number of benzene rings is 1. The van der Waals surface area contributed by atoms with E-state index in [1.807, 2.05) is 37.3 Å². The predicted molar refractivity (Wildman–Crippen MR) is 111 cm³/mol. The summed E-state index contributed by atoms with van der Waals surface area (Å²) in [4.78, 5) is 31.6. The molecule has 2 aromatic rings. The summed E-state index contributed by atoms with van der Waals surface area (Å²) < 4.78 is 0. The van der Waals surface area contributed by atoms with Gasteiger partial charge in [-0.15, -0.1) is 11.3 Å². The smallest absolute Gasteiger partial charge is 0.242 e. The largest absolute Gasteiger partial charge is 0.350 e. The van der Waals surface area contributed by atoms with Crippen molar-refractivity contribution in [2.24, 2.45) is 5.92 Å². The van der Waals surface area contributed by atoms with Gasteiger partial charge in [0.25, 0.3) is 0 Å². The minimum Gasteiger partial charge on any atom is -0.350 e. The second-order valence-electron chi connectivity index (χ2n) is 7.34. The maximum absolute atomic E-state index is 12.5. The molecule has 6 nitrogen and oxygen atoms in total. The van der Waals surface area contributed by atoms with Crippen LogP contribution in [0.1, 0.15) is 36.0 Å². The van der Waals surface area contributed by atoms with Crippen molar-refractivity contribution in [2.75, 3.05) is 13.1 Å². The molecule has 1 aliphatic heterocycles. The molecule has 1 aliphatic rings. The highest BCUT2D eigenvalue weighted by molar-refractivity contribution is 7.09. The molecule has 2 amide bonds. The van der Waals surface area contributed by atoms with Crippen LogP contribution in [0, 0.1) is 12.8 Å². The number of hydrogen-bond donors (Lipinski definition) is 2. The van der Waals surface area contributed by atoms with E-state index in [0.29, 0.717) is 6.54 Å². The standard InChI is InChI=1S/C21H28N4O2S/c1-15(20(26)22-12-17-6-4-3-5-7-17)23-21(27)18-8-10-25(11-9-18)13-19-14-28-16(2)24-19/h3-7,14-15,18H,8-13H2,1-2H3,(H,22,26)(H,23,27). The number of rotatable bonds is 7. The lowest BCUT2D eigenvalue weighted by Gasteiger charge is -2.31. The summed E-state index contributed by atoms with van der Waals surface area (Å²) in [6.07, 6.45) is 1.63. The van der Waals surface area contributed by atoms with Gasteiger partial charge in [-0.2, -0.15) is 0 Å². The molecule has 0 aliphatic carbocycles. The quantitative estimate of drug-likeness (QED) is 0.749. The first kappa shape index (κ1) is 20.5. The number of aryl methyl sites for hydroxylation is 1. The van der Waals surface area contributed by atoms with Gasteiger partial charge in [-0.1, -0.05) is 30.3 Å². The Hall–Kier alpha value is -2.25. The van der Waals surface area contributed by atoms with Crippen LogP contribution in [0.2, 0.25) is 0 Å². The summed E-state index contributed by atoms with van der Waals surface area (Å²) in [5, 5.41) is 8.94. The maximum Gasteiger partial charge on any atom is 0.242 e. The van der Waals surface area contributed by atoms with Crippen molar-refractivity contribution in [3.8, 4) is 0 Å². The van der Waals surface area contributed by atoms with Crippen LogP contribution in [-0.2, 0) is 22.7 Å². The summed E-state index contributed by atoms with van der Waals surface area (Å²) in [5.41, 5.74) is 2.14. The molecule has 1 fully saturated rings. The first-order valence-corrected chi connectivity index (χ1v) is 10.6. The summed E-state index contributed by atoms with van der Waals surface area (Å²) in [5.74, 6) is -0.210. The molecule has 1 aromatic heterocycles. The highest BCUT2D eigenvalue weighted by Gasteiger charge is 2.27. The van der Waals surface area contributed by atoms with Gasteiger partial charge in [0.15, 0.2) is 0 Å². The van der Waals surface area contributed by atoms with Crippen molar-refractivity contribution >= 4 is 23.2 Å². The molecule has 0 saturated carbocycles. The summed E-state index contributed by atoms with van der Waals surface area (Å²) in [6.45, 7) is 6.82. The minimum absolute atomic E-state index is 0.0217. The van der Waals surface area contributed by atoms with E-state index in [2.05, 4.69) is 25.9 Å². The average molecular weight is 401 g/mol. The lowest BCUT2D eigenvalue weighted by atomic mass is 9.95. The van der Waals surface area contributed by atoms with E-state index >= 15 is 0 Å². The Bertz CT molecular complexity index is 785. The topological polar surface area (TPSA) is 74.3 Å². The van der Waals surface area contributed by atoms with Crippen molar-refractivity contribution < 1.29 is 9.59 Å². The second kappa shape index (κ2) is 9.80. The minimum atomic E-state index is -0.535. The zero-order valence-electron chi connectivity index (χ0n) is 16.5. The van der Waals surface area contributed by atoms with Gasteiger partial charge in [0.05, 0.1) is 10.7 Å². The molecule has 150 valence electrons. The third-order valence-corrected chi connectivity index (χ3v) is 5.89. The fourth-order valence-corrected chi connectivity index (χ4v) is 4.00. The number of carbonyl (C=O) groups excluding carboxylic acids is 2. The van der Waals surface area contributed by atoms with E-state index in [-0.39, 0.29) is 17.7 Å². The highest BCUT2D eigenvalue weighted by atomic mass is 32.1. The van der Waals surface area contributed by atoms with Crippen LogP contribution >= 0.6 is 11.3 Å². The van der Waals surface area contributed by atoms with Gasteiger partial charge in [-0.3, -0.25) is 14.5 Å². The lowest BCUT2D eigenvalue weighted by molar-refractivity contribution is -0.131. The number of thiazole rings is 1. The Morgan fingerprint density at radius 3 is 2.61 bits per heavy atom. The number of nitrogens with one attached hydrogen (secondary N) is 2. The Morgan fingerprint density at radius 2 is 1.96 bits per heavy atom. The Labute approximate surface area is 170 Å². The van der Waals surface area contributed by atoms with Crippen LogP contribution in [0.15, 0.2) is 35.7 Å². The molecule has 3 rings (SSSR count). The lowest BCUT2D eigenvalue weighted by Crippen LogP contribution is -2.48. The Kier molecular flexibility index (Phi) is 7.17. The van der Waals surface area contributed by atoms with Gasteiger partial charge in [-0.05, 0) is 45.3 Å². The fourth-order valence-electron chi connectivity index (χ4n) is 3.40. The zero-order valence-corrected chi connectivity index (χ0v) is 17.3. The number of amides is 2. The number of carbonyl (C=O) groups is 2. The van der Waals surface area contributed by atoms with E-state index in [4.69, 9.17) is 0 Å². The Morgan fingerprint density at radius 1 is 1.25 bits per heavy atom. The molecule has 1 aromatic carbocycles. The number of likely N-dealkylation sites (tertiary alicyclic amines) is 1. The van der Waals surface area contributed by atoms with E-state index < -0.39 is 6.04 Å². The van der Waals surface area contributed by atoms with Crippen LogP contribution in [-0.4, -0.2) is 40.8 Å². The van der Waals surface area contributed by atoms with Crippen LogP contribution in [0.3, 0.4) is 0 Å². The van der Waals surface area contributed by atoms with Crippen LogP contribution < -0.4 is 10.6 Å². The van der Waals surface area contributed by atoms with E-state index in [1.54, 1.807) is 18.3 Å². The predicted octanol–water partition coefficient (Wildman–Crippen LogP) is 2.48. The molecule has 1 saturated heterocycles. The van der Waals surface area contributed by atoms with Gasteiger partial charge >= 0.3 is 0 Å². The second-order valence-corrected chi connectivity index (χ2v) is 8.40. The monoisotopic (exact) mass is 400 g/mol. The molecule has 1 unspecified atom stereocenters. The molecule has 28 heavy (non-hydrogen) atoms. The highest BCUT2D eigenvalue weighted by Crippen LogP contribution is 2.20. The molecule has 2 N–H and O–H groups in total. The van der Waals surface area contributed by atoms with Gasteiger partial charge in [0.1, 0.15) is 6.04 Å². The summed E-state index contributed by atoms with van der Waals surface area (Å²) in [6, 6.07) is 9.21. The van der Waals surface area contributed by atoms with Crippen molar-refractivity contribution in [3.05, 3.63) is 52.0 Å². The van der Waals surface area contributed by atoms with Crippen LogP contribution in [0.4, 0.5) is 0 Å². The van der Waals surface area contributed by atoms with Gasteiger partial charge < -0.3 is 10.6 Å². The molecular formula is C21H28N4O2S. The molecule has 0 radical (unpaired) electrons. The van der Waals surface area contributed by atoms with Crippen molar-refractivity contribution in [2.45, 2.75) is 45.8 Å². The number of nitrogens with zero attached hydrogens (tertiary/aromatic N) is 2. The van der Waals surface area contributed by atoms with E-state index in [9.17, 15) is 9.59 Å². The molecule has 0 spiro atoms. The number of piperidine rings is 1. The van der Waals surface area contributed by atoms with Crippen molar-refractivity contribution in [1.82, 2.24) is 20.5 Å². The van der Waals surface area contributed by atoms with E-state index in [0.717, 1.165) is 48.7 Å². The maximum atomic E-state index is 12.5. The fraction of sp³-hybridized carbons (Fsp3) is 0.476. The van der Waals surface area contributed by atoms with Gasteiger partial charge in [-0.25, -0.2) is 4.98 Å². The average Bonchev–Trinajstić information content (AvgIpc) is 3.12. The van der Waals surface area contributed by atoms with E-state index in [1.165, 1.54) is 0 Å². The molecule has 1 atom stereocenters. The van der Waals surface area contributed by atoms with Crippen molar-refractivity contribution in [3.63, 3.8) is 0 Å². The SMILES string of the molecule is Cc1nc(CN2CCC(C(=O)NC(C)C(=O)NCc3ccccc3)CC2)cs1.